The van der Waals surface area contributed by atoms with Crippen LogP contribution in [0.3, 0.4) is 0 Å². The molecule has 0 saturated carbocycles. The van der Waals surface area contributed by atoms with E-state index in [1.807, 2.05) is 6.92 Å². The van der Waals surface area contributed by atoms with Gasteiger partial charge in [-0.3, -0.25) is 4.79 Å². The summed E-state index contributed by atoms with van der Waals surface area (Å²) in [4.78, 5) is 12.2. The van der Waals surface area contributed by atoms with Crippen molar-refractivity contribution >= 4 is 5.91 Å². The lowest BCUT2D eigenvalue weighted by molar-refractivity contribution is -0.162. The summed E-state index contributed by atoms with van der Waals surface area (Å²) in [6, 6.07) is 0. The summed E-state index contributed by atoms with van der Waals surface area (Å²) >= 11 is 0. The van der Waals surface area contributed by atoms with Gasteiger partial charge < -0.3 is 10.0 Å². The Morgan fingerprint density at radius 1 is 1.24 bits per heavy atom. The van der Waals surface area contributed by atoms with Crippen LogP contribution in [0.5, 0.6) is 0 Å². The molecule has 1 amide bonds. The molecule has 6 heteroatoms. The number of alkyl halides is 3. The molecule has 0 fully saturated rings. The number of unbranched alkanes of at least 4 members (excludes halogenated alkanes) is 3. The summed E-state index contributed by atoms with van der Waals surface area (Å²) in [5, 5.41) is 8.63. The third-order valence-electron chi connectivity index (χ3n) is 2.34. The number of nitrogens with zero attached hydrogens (tertiary/aromatic N) is 1. The molecule has 0 aromatic heterocycles. The molecule has 1 N–H and O–H groups in total. The molecule has 0 heterocycles. The fraction of sp³-hybridized carbons (Fsp3) is 0.909. The van der Waals surface area contributed by atoms with E-state index in [-0.39, 0.29) is 13.0 Å². The van der Waals surface area contributed by atoms with Crippen molar-refractivity contribution in [1.82, 2.24) is 4.90 Å². The van der Waals surface area contributed by atoms with E-state index in [4.69, 9.17) is 5.11 Å². The van der Waals surface area contributed by atoms with Gasteiger partial charge in [0.2, 0.25) is 5.91 Å². The lowest BCUT2D eigenvalue weighted by Crippen LogP contribution is -2.40. The molecule has 17 heavy (non-hydrogen) atoms. The maximum atomic E-state index is 12.2. The third kappa shape index (κ3) is 8.97. The molecule has 0 saturated heterocycles. The second-order valence-corrected chi connectivity index (χ2v) is 3.96. The predicted octanol–water partition coefficient (Wildman–Crippen LogP) is 2.34. The highest BCUT2D eigenvalue weighted by molar-refractivity contribution is 5.76. The van der Waals surface area contributed by atoms with Crippen LogP contribution in [0.1, 0.15) is 39.0 Å². The van der Waals surface area contributed by atoms with Crippen molar-refractivity contribution in [1.29, 1.82) is 0 Å². The first-order valence-corrected chi connectivity index (χ1v) is 5.86. The summed E-state index contributed by atoms with van der Waals surface area (Å²) in [5.74, 6) is -0.535. The van der Waals surface area contributed by atoms with Gasteiger partial charge in [0.15, 0.2) is 0 Å². The number of hydrogen-bond acceptors (Lipinski definition) is 2. The van der Waals surface area contributed by atoms with Crippen LogP contribution < -0.4 is 0 Å². The Labute approximate surface area is 99.6 Å². The standard InChI is InChI=1S/C11H20F3NO2/c1-2-3-4-5-6-10(17)15(7-8-16)9-11(12,13)14/h16H,2-9H2,1H3. The molecule has 0 aromatic rings. The van der Waals surface area contributed by atoms with Gasteiger partial charge in [0.05, 0.1) is 6.61 Å². The summed E-state index contributed by atoms with van der Waals surface area (Å²) < 4.78 is 36.5. The average molecular weight is 255 g/mol. The third-order valence-corrected chi connectivity index (χ3v) is 2.34. The quantitative estimate of drug-likeness (QED) is 0.676. The molecule has 0 aliphatic carbocycles. The van der Waals surface area contributed by atoms with Crippen LogP contribution in [0.25, 0.3) is 0 Å². The van der Waals surface area contributed by atoms with Crippen LogP contribution in [-0.4, -0.2) is 41.8 Å². The first-order valence-electron chi connectivity index (χ1n) is 5.86. The van der Waals surface area contributed by atoms with Crippen molar-refractivity contribution < 1.29 is 23.1 Å². The van der Waals surface area contributed by atoms with E-state index in [0.29, 0.717) is 11.3 Å². The molecule has 0 atom stereocenters. The minimum atomic E-state index is -4.41. The van der Waals surface area contributed by atoms with Crippen LogP contribution >= 0.6 is 0 Å². The molecule has 0 unspecified atom stereocenters. The van der Waals surface area contributed by atoms with Gasteiger partial charge in [-0.15, -0.1) is 0 Å². The molecular weight excluding hydrogens is 235 g/mol. The zero-order valence-corrected chi connectivity index (χ0v) is 10.1. The largest absolute Gasteiger partial charge is 0.406 e. The lowest BCUT2D eigenvalue weighted by Gasteiger charge is -2.23. The van der Waals surface area contributed by atoms with Gasteiger partial charge in [0, 0.05) is 13.0 Å². The highest BCUT2D eigenvalue weighted by Crippen LogP contribution is 2.17. The number of aliphatic hydroxyl groups is 1. The topological polar surface area (TPSA) is 40.5 Å². The normalized spacial score (nSPS) is 11.6. The Kier molecular flexibility index (Phi) is 7.95. The van der Waals surface area contributed by atoms with E-state index in [1.54, 1.807) is 0 Å². The van der Waals surface area contributed by atoms with Gasteiger partial charge >= 0.3 is 6.18 Å². The van der Waals surface area contributed by atoms with Gasteiger partial charge in [0.1, 0.15) is 6.54 Å². The van der Waals surface area contributed by atoms with Gasteiger partial charge in [-0.2, -0.15) is 13.2 Å². The van der Waals surface area contributed by atoms with Crippen LogP contribution in [0.2, 0.25) is 0 Å². The van der Waals surface area contributed by atoms with Gasteiger partial charge in [-0.1, -0.05) is 26.2 Å². The summed E-state index contributed by atoms with van der Waals surface area (Å²) in [6.07, 6.45) is -0.846. The van der Waals surface area contributed by atoms with Crippen LogP contribution in [-0.2, 0) is 4.79 Å². The highest BCUT2D eigenvalue weighted by Gasteiger charge is 2.32. The zero-order chi connectivity index (χ0) is 13.3. The first kappa shape index (κ1) is 16.2. The first-order chi connectivity index (χ1) is 7.90. The molecular formula is C11H20F3NO2. The van der Waals surface area contributed by atoms with Gasteiger partial charge in [-0.25, -0.2) is 0 Å². The van der Waals surface area contributed by atoms with E-state index in [0.717, 1.165) is 19.3 Å². The molecule has 0 radical (unpaired) electrons. The smallest absolute Gasteiger partial charge is 0.395 e. The fourth-order valence-electron chi connectivity index (χ4n) is 1.49. The molecule has 102 valence electrons. The van der Waals surface area contributed by atoms with Crippen molar-refractivity contribution in [2.24, 2.45) is 0 Å². The Hall–Kier alpha value is -0.780. The van der Waals surface area contributed by atoms with Crippen molar-refractivity contribution in [3.63, 3.8) is 0 Å². The monoisotopic (exact) mass is 255 g/mol. The van der Waals surface area contributed by atoms with E-state index in [1.165, 1.54) is 0 Å². The minimum Gasteiger partial charge on any atom is -0.395 e. The van der Waals surface area contributed by atoms with E-state index in [9.17, 15) is 18.0 Å². The molecule has 0 rings (SSSR count). The number of rotatable bonds is 8. The predicted molar refractivity (Wildman–Crippen MR) is 58.5 cm³/mol. The Balaban J connectivity index is 4.06. The van der Waals surface area contributed by atoms with Crippen molar-refractivity contribution in [3.05, 3.63) is 0 Å². The van der Waals surface area contributed by atoms with E-state index >= 15 is 0 Å². The Morgan fingerprint density at radius 2 is 1.88 bits per heavy atom. The van der Waals surface area contributed by atoms with Crippen LogP contribution in [0, 0.1) is 0 Å². The molecule has 0 aromatic carbocycles. The van der Waals surface area contributed by atoms with Crippen LogP contribution in [0.4, 0.5) is 13.2 Å². The minimum absolute atomic E-state index is 0.121. The maximum absolute atomic E-state index is 12.2. The number of aliphatic hydroxyl groups excluding tert-OH is 1. The number of hydrogen-bond donors (Lipinski definition) is 1. The van der Waals surface area contributed by atoms with Crippen molar-refractivity contribution in [2.45, 2.75) is 45.2 Å². The average Bonchev–Trinajstić information content (AvgIpc) is 2.21. The van der Waals surface area contributed by atoms with Gasteiger partial charge in [0.25, 0.3) is 0 Å². The summed E-state index contributed by atoms with van der Waals surface area (Å²) in [5.41, 5.74) is 0. The van der Waals surface area contributed by atoms with E-state index < -0.39 is 25.2 Å². The second-order valence-electron chi connectivity index (χ2n) is 3.96. The summed E-state index contributed by atoms with van der Waals surface area (Å²) in [7, 11) is 0. The zero-order valence-electron chi connectivity index (χ0n) is 10.1. The molecule has 0 bridgehead atoms. The molecule has 0 aliphatic heterocycles. The van der Waals surface area contributed by atoms with Crippen molar-refractivity contribution in [2.75, 3.05) is 19.7 Å². The maximum Gasteiger partial charge on any atom is 0.406 e. The SMILES string of the molecule is CCCCCCC(=O)N(CCO)CC(F)(F)F. The number of halogens is 3. The number of amides is 1. The van der Waals surface area contributed by atoms with E-state index in [2.05, 4.69) is 0 Å². The number of carbonyl (C=O) groups is 1. The molecule has 0 aliphatic rings. The fourth-order valence-corrected chi connectivity index (χ4v) is 1.49. The lowest BCUT2D eigenvalue weighted by atomic mass is 10.1. The molecule has 0 spiro atoms. The van der Waals surface area contributed by atoms with Crippen LogP contribution in [0.15, 0.2) is 0 Å². The Bertz CT molecular complexity index is 219. The summed E-state index contributed by atoms with van der Waals surface area (Å²) in [6.45, 7) is 0.0343. The van der Waals surface area contributed by atoms with Crippen molar-refractivity contribution in [3.8, 4) is 0 Å². The second kappa shape index (κ2) is 8.33. The highest BCUT2D eigenvalue weighted by atomic mass is 19.4. The molecule has 3 nitrogen and oxygen atoms in total. The Morgan fingerprint density at radius 3 is 2.35 bits per heavy atom. The number of carbonyl (C=O) groups excluding carboxylic acids is 1. The van der Waals surface area contributed by atoms with Gasteiger partial charge in [-0.05, 0) is 6.42 Å².